The molecule has 0 radical (unpaired) electrons. The lowest BCUT2D eigenvalue weighted by molar-refractivity contribution is -0.134. The molecule has 1 saturated carbocycles. The van der Waals surface area contributed by atoms with Gasteiger partial charge in [0.2, 0.25) is 0 Å². The summed E-state index contributed by atoms with van der Waals surface area (Å²) in [6.45, 7) is 2.36. The van der Waals surface area contributed by atoms with Crippen LogP contribution in [0.15, 0.2) is 24.3 Å². The molecule has 3 amide bonds. The number of halogens is 1. The van der Waals surface area contributed by atoms with E-state index in [4.69, 9.17) is 11.6 Å². The van der Waals surface area contributed by atoms with E-state index in [1.807, 2.05) is 12.1 Å². The van der Waals surface area contributed by atoms with Gasteiger partial charge in [0.1, 0.15) is 5.54 Å². The Morgan fingerprint density at radius 3 is 2.67 bits per heavy atom. The van der Waals surface area contributed by atoms with Crippen LogP contribution in [0.5, 0.6) is 0 Å². The van der Waals surface area contributed by atoms with Crippen molar-refractivity contribution in [2.24, 2.45) is 5.92 Å². The number of hydrogen-bond donors (Lipinski definition) is 1. The van der Waals surface area contributed by atoms with Gasteiger partial charge >= 0.3 is 6.03 Å². The maximum Gasteiger partial charge on any atom is 0.325 e. The Kier molecular flexibility index (Phi) is 3.66. The average molecular weight is 307 g/mol. The summed E-state index contributed by atoms with van der Waals surface area (Å²) in [5, 5.41) is 3.61. The van der Waals surface area contributed by atoms with Crippen LogP contribution >= 0.6 is 11.6 Å². The molecule has 2 aliphatic rings. The fourth-order valence-electron chi connectivity index (χ4n) is 3.41. The van der Waals surface area contributed by atoms with Gasteiger partial charge in [0.25, 0.3) is 5.91 Å². The van der Waals surface area contributed by atoms with Crippen molar-refractivity contribution in [3.05, 3.63) is 34.9 Å². The van der Waals surface area contributed by atoms with Crippen LogP contribution in [-0.4, -0.2) is 22.4 Å². The molecule has 1 heterocycles. The van der Waals surface area contributed by atoms with Gasteiger partial charge in [-0.25, -0.2) is 4.79 Å². The van der Waals surface area contributed by atoms with E-state index in [9.17, 15) is 9.59 Å². The van der Waals surface area contributed by atoms with Crippen molar-refractivity contribution in [3.63, 3.8) is 0 Å². The molecule has 1 aliphatic carbocycles. The van der Waals surface area contributed by atoms with E-state index < -0.39 is 5.54 Å². The second kappa shape index (κ2) is 5.34. The van der Waals surface area contributed by atoms with Crippen molar-refractivity contribution < 1.29 is 9.59 Å². The van der Waals surface area contributed by atoms with Crippen molar-refractivity contribution in [2.45, 2.75) is 44.7 Å². The van der Waals surface area contributed by atoms with E-state index >= 15 is 0 Å². The summed E-state index contributed by atoms with van der Waals surface area (Å²) in [5.41, 5.74) is 0.227. The average Bonchev–Trinajstić information content (AvgIpc) is 2.70. The standard InChI is InChI=1S/C16H19ClN2O2/c1-11-4-2-3-9-16(11)14(20)19(15(21)18-16)10-12-5-7-13(17)8-6-12/h5-8,11H,2-4,9-10H2,1H3,(H,18,21)/t11-,16-/m1/s1. The summed E-state index contributed by atoms with van der Waals surface area (Å²) in [6.07, 6.45) is 3.85. The number of benzene rings is 1. The number of imide groups is 1. The maximum atomic E-state index is 12.8. The minimum Gasteiger partial charge on any atom is -0.323 e. The first-order valence-electron chi connectivity index (χ1n) is 7.41. The smallest absolute Gasteiger partial charge is 0.323 e. The predicted octanol–water partition coefficient (Wildman–Crippen LogP) is 3.34. The molecule has 112 valence electrons. The number of urea groups is 1. The van der Waals surface area contributed by atoms with Gasteiger partial charge in [0, 0.05) is 5.02 Å². The van der Waals surface area contributed by atoms with Gasteiger partial charge in [-0.15, -0.1) is 0 Å². The predicted molar refractivity (Wildman–Crippen MR) is 80.9 cm³/mol. The summed E-state index contributed by atoms with van der Waals surface area (Å²) in [5.74, 6) is 0.118. The molecule has 2 fully saturated rings. The van der Waals surface area contributed by atoms with Gasteiger partial charge in [0.15, 0.2) is 0 Å². The van der Waals surface area contributed by atoms with Crippen molar-refractivity contribution >= 4 is 23.5 Å². The molecule has 1 saturated heterocycles. The van der Waals surface area contributed by atoms with Gasteiger partial charge in [-0.05, 0) is 36.5 Å². The van der Waals surface area contributed by atoms with Gasteiger partial charge in [-0.1, -0.05) is 43.5 Å². The number of carbonyl (C=O) groups is 2. The lowest BCUT2D eigenvalue weighted by atomic mass is 9.73. The Labute approximate surface area is 129 Å². The third-order valence-electron chi connectivity index (χ3n) is 4.76. The molecule has 1 aromatic carbocycles. The van der Waals surface area contributed by atoms with Crippen LogP contribution in [0.2, 0.25) is 5.02 Å². The Morgan fingerprint density at radius 2 is 2.00 bits per heavy atom. The molecule has 3 rings (SSSR count). The van der Waals surface area contributed by atoms with Crippen molar-refractivity contribution in [3.8, 4) is 0 Å². The van der Waals surface area contributed by atoms with Crippen LogP contribution in [0.1, 0.15) is 38.2 Å². The van der Waals surface area contributed by atoms with Crippen LogP contribution < -0.4 is 5.32 Å². The number of carbonyl (C=O) groups excluding carboxylic acids is 2. The van der Waals surface area contributed by atoms with Crippen LogP contribution in [0.25, 0.3) is 0 Å². The van der Waals surface area contributed by atoms with Crippen molar-refractivity contribution in [2.75, 3.05) is 0 Å². The number of rotatable bonds is 2. The molecule has 0 unspecified atom stereocenters. The van der Waals surface area contributed by atoms with Gasteiger partial charge in [-0.3, -0.25) is 9.69 Å². The maximum absolute atomic E-state index is 12.8. The fraction of sp³-hybridized carbons (Fsp3) is 0.500. The lowest BCUT2D eigenvalue weighted by Crippen LogP contribution is -2.53. The van der Waals surface area contributed by atoms with Gasteiger partial charge in [-0.2, -0.15) is 0 Å². The van der Waals surface area contributed by atoms with E-state index in [0.717, 1.165) is 31.2 Å². The molecule has 1 spiro atoms. The van der Waals surface area contributed by atoms with Crippen LogP contribution in [0, 0.1) is 5.92 Å². The summed E-state index contributed by atoms with van der Waals surface area (Å²) in [7, 11) is 0. The Balaban J connectivity index is 1.82. The normalized spacial score (nSPS) is 29.0. The zero-order chi connectivity index (χ0) is 15.0. The van der Waals surface area contributed by atoms with E-state index in [-0.39, 0.29) is 17.9 Å². The fourth-order valence-corrected chi connectivity index (χ4v) is 3.54. The van der Waals surface area contributed by atoms with Crippen molar-refractivity contribution in [1.29, 1.82) is 0 Å². The number of nitrogens with one attached hydrogen (secondary N) is 1. The Hall–Kier alpha value is -1.55. The Bertz CT molecular complexity index is 572. The van der Waals surface area contributed by atoms with E-state index in [2.05, 4.69) is 12.2 Å². The first kappa shape index (κ1) is 14.4. The summed E-state index contributed by atoms with van der Waals surface area (Å²) in [4.78, 5) is 26.4. The molecule has 2 atom stereocenters. The molecule has 1 N–H and O–H groups in total. The topological polar surface area (TPSA) is 49.4 Å². The third-order valence-corrected chi connectivity index (χ3v) is 5.01. The van der Waals surface area contributed by atoms with Crippen molar-refractivity contribution in [1.82, 2.24) is 10.2 Å². The van der Waals surface area contributed by atoms with Gasteiger partial charge in [0.05, 0.1) is 6.54 Å². The van der Waals surface area contributed by atoms with Gasteiger partial charge < -0.3 is 5.32 Å². The monoisotopic (exact) mass is 306 g/mol. The highest BCUT2D eigenvalue weighted by molar-refractivity contribution is 6.30. The quantitative estimate of drug-likeness (QED) is 0.852. The molecule has 0 aromatic heterocycles. The highest BCUT2D eigenvalue weighted by Crippen LogP contribution is 2.38. The molecule has 5 heteroatoms. The molecule has 0 bridgehead atoms. The molecular formula is C16H19ClN2O2. The summed E-state index contributed by atoms with van der Waals surface area (Å²) in [6, 6.07) is 6.96. The second-order valence-corrected chi connectivity index (χ2v) is 6.50. The first-order valence-corrected chi connectivity index (χ1v) is 7.79. The number of amides is 3. The molecule has 1 aliphatic heterocycles. The largest absolute Gasteiger partial charge is 0.325 e. The Morgan fingerprint density at radius 1 is 1.29 bits per heavy atom. The molecule has 1 aromatic rings. The highest BCUT2D eigenvalue weighted by Gasteiger charge is 2.54. The van der Waals surface area contributed by atoms with E-state index in [1.165, 1.54) is 4.90 Å². The summed E-state index contributed by atoms with van der Waals surface area (Å²) >= 11 is 5.86. The van der Waals surface area contributed by atoms with Crippen LogP contribution in [0.4, 0.5) is 4.79 Å². The van der Waals surface area contributed by atoms with E-state index in [1.54, 1.807) is 12.1 Å². The van der Waals surface area contributed by atoms with E-state index in [0.29, 0.717) is 11.6 Å². The summed E-state index contributed by atoms with van der Waals surface area (Å²) < 4.78 is 0. The highest BCUT2D eigenvalue weighted by atomic mass is 35.5. The molecule has 21 heavy (non-hydrogen) atoms. The first-order chi connectivity index (χ1) is 10.0. The minimum atomic E-state index is -0.679. The third kappa shape index (κ3) is 2.42. The zero-order valence-corrected chi connectivity index (χ0v) is 12.8. The number of nitrogens with zero attached hydrogens (tertiary/aromatic N) is 1. The minimum absolute atomic E-state index is 0.0744. The zero-order valence-electron chi connectivity index (χ0n) is 12.1. The van der Waals surface area contributed by atoms with Crippen LogP contribution in [0.3, 0.4) is 0 Å². The number of hydrogen-bond acceptors (Lipinski definition) is 2. The second-order valence-electron chi connectivity index (χ2n) is 6.07. The SMILES string of the molecule is C[C@@H]1CCCC[C@@]12NC(=O)N(Cc1ccc(Cl)cc1)C2=O. The van der Waals surface area contributed by atoms with Crippen LogP contribution in [-0.2, 0) is 11.3 Å². The molecule has 4 nitrogen and oxygen atoms in total. The lowest BCUT2D eigenvalue weighted by Gasteiger charge is -2.36. The molecular weight excluding hydrogens is 288 g/mol.